The Kier molecular flexibility index (Phi) is 3.72. The molecular weight excluding hydrogens is 316 g/mol. The Hall–Kier alpha value is -3.15. The molecule has 4 rings (SSSR count). The molecule has 6 heteroatoms. The topological polar surface area (TPSA) is 67.2 Å². The Labute approximate surface area is 145 Å². The van der Waals surface area contributed by atoms with Gasteiger partial charge in [-0.3, -0.25) is 14.5 Å². The Bertz CT molecular complexity index is 976. The van der Waals surface area contributed by atoms with Gasteiger partial charge in [0.1, 0.15) is 18.9 Å². The maximum Gasteiger partial charge on any atom is 0.247 e. The second-order valence-corrected chi connectivity index (χ2v) is 6.00. The first-order valence-corrected chi connectivity index (χ1v) is 8.30. The molecule has 2 aromatic carbocycles. The molecule has 0 atom stereocenters. The first-order chi connectivity index (χ1) is 12.2. The number of amides is 2. The smallest absolute Gasteiger partial charge is 0.247 e. The second-order valence-electron chi connectivity index (χ2n) is 6.00. The number of para-hydroxylation sites is 4. The first-order valence-electron chi connectivity index (χ1n) is 8.30. The molecule has 3 aromatic rings. The van der Waals surface area contributed by atoms with Crippen LogP contribution in [0.25, 0.3) is 11.0 Å². The highest BCUT2D eigenvalue weighted by Gasteiger charge is 2.27. The number of imidazole rings is 1. The van der Waals surface area contributed by atoms with Crippen molar-refractivity contribution in [3.8, 4) is 0 Å². The minimum atomic E-state index is -0.182. The van der Waals surface area contributed by atoms with Crippen LogP contribution in [-0.2, 0) is 22.6 Å². The van der Waals surface area contributed by atoms with Gasteiger partial charge in [-0.25, -0.2) is 4.98 Å². The van der Waals surface area contributed by atoms with Crippen molar-refractivity contribution < 1.29 is 9.59 Å². The fourth-order valence-electron chi connectivity index (χ4n) is 3.25. The molecule has 2 amide bonds. The van der Waals surface area contributed by atoms with Crippen LogP contribution in [0.5, 0.6) is 0 Å². The molecule has 0 bridgehead atoms. The average molecular weight is 334 g/mol. The summed E-state index contributed by atoms with van der Waals surface area (Å²) in [6.45, 7) is 2.21. The molecule has 0 saturated heterocycles. The van der Waals surface area contributed by atoms with Crippen molar-refractivity contribution in [1.29, 1.82) is 0 Å². The highest BCUT2D eigenvalue weighted by Crippen LogP contribution is 2.29. The molecule has 1 aromatic heterocycles. The van der Waals surface area contributed by atoms with E-state index in [-0.39, 0.29) is 24.9 Å². The second kappa shape index (κ2) is 6.05. The van der Waals surface area contributed by atoms with Crippen molar-refractivity contribution in [3.05, 3.63) is 54.4 Å². The van der Waals surface area contributed by atoms with Crippen LogP contribution >= 0.6 is 0 Å². The maximum absolute atomic E-state index is 13.0. The van der Waals surface area contributed by atoms with Gasteiger partial charge in [0, 0.05) is 6.42 Å². The highest BCUT2D eigenvalue weighted by atomic mass is 16.2. The zero-order valence-corrected chi connectivity index (χ0v) is 13.9. The van der Waals surface area contributed by atoms with Crippen molar-refractivity contribution >= 4 is 34.2 Å². The third-order valence-electron chi connectivity index (χ3n) is 4.41. The molecular formula is C19H18N4O2. The molecule has 2 heterocycles. The zero-order valence-electron chi connectivity index (χ0n) is 13.9. The summed E-state index contributed by atoms with van der Waals surface area (Å²) in [7, 11) is 0. The SMILES string of the molecule is CCc1nc2ccccc2n1CC(=O)N1CC(=O)Nc2ccccc21. The number of fused-ring (bicyclic) bond motifs is 2. The lowest BCUT2D eigenvalue weighted by Gasteiger charge is -2.29. The largest absolute Gasteiger partial charge is 0.323 e. The van der Waals surface area contributed by atoms with Gasteiger partial charge < -0.3 is 9.88 Å². The van der Waals surface area contributed by atoms with E-state index < -0.39 is 0 Å². The summed E-state index contributed by atoms with van der Waals surface area (Å²) in [5.41, 5.74) is 3.21. The number of aryl methyl sites for hydroxylation is 1. The van der Waals surface area contributed by atoms with E-state index >= 15 is 0 Å². The number of hydrogen-bond donors (Lipinski definition) is 1. The summed E-state index contributed by atoms with van der Waals surface area (Å²) in [5, 5.41) is 2.80. The molecule has 0 saturated carbocycles. The molecule has 0 radical (unpaired) electrons. The molecule has 1 N–H and O–H groups in total. The van der Waals surface area contributed by atoms with E-state index in [1.54, 1.807) is 11.0 Å². The molecule has 1 aliphatic rings. The standard InChI is InChI=1S/C19H18N4O2/c1-2-17-20-13-7-3-5-9-15(13)22(17)12-19(25)23-11-18(24)21-14-8-4-6-10-16(14)23/h3-10H,2,11-12H2,1H3,(H,21,24). The lowest BCUT2D eigenvalue weighted by Crippen LogP contribution is -2.43. The maximum atomic E-state index is 13.0. The fourth-order valence-corrected chi connectivity index (χ4v) is 3.25. The Morgan fingerprint density at radius 1 is 1.16 bits per heavy atom. The number of rotatable bonds is 3. The van der Waals surface area contributed by atoms with Crippen LogP contribution in [0.4, 0.5) is 11.4 Å². The van der Waals surface area contributed by atoms with Crippen molar-refractivity contribution in [2.45, 2.75) is 19.9 Å². The predicted octanol–water partition coefficient (Wildman–Crippen LogP) is 2.58. The summed E-state index contributed by atoms with van der Waals surface area (Å²) in [5.74, 6) is 0.558. The number of nitrogens with zero attached hydrogens (tertiary/aromatic N) is 3. The van der Waals surface area contributed by atoms with Crippen molar-refractivity contribution in [3.63, 3.8) is 0 Å². The van der Waals surface area contributed by atoms with Crippen molar-refractivity contribution in [2.24, 2.45) is 0 Å². The van der Waals surface area contributed by atoms with E-state index in [1.165, 1.54) is 0 Å². The van der Waals surface area contributed by atoms with Gasteiger partial charge in [-0.1, -0.05) is 31.2 Å². The molecule has 0 unspecified atom stereocenters. The minimum absolute atomic E-state index is 0.0317. The Morgan fingerprint density at radius 3 is 2.76 bits per heavy atom. The summed E-state index contributed by atoms with van der Waals surface area (Å²) >= 11 is 0. The minimum Gasteiger partial charge on any atom is -0.323 e. The zero-order chi connectivity index (χ0) is 17.4. The van der Waals surface area contributed by atoms with Crippen LogP contribution in [0.15, 0.2) is 48.5 Å². The van der Waals surface area contributed by atoms with Gasteiger partial charge in [0.05, 0.1) is 22.4 Å². The van der Waals surface area contributed by atoms with Crippen LogP contribution < -0.4 is 10.2 Å². The normalized spacial score (nSPS) is 13.6. The lowest BCUT2D eigenvalue weighted by atomic mass is 10.2. The Morgan fingerprint density at radius 2 is 1.92 bits per heavy atom. The number of hydrogen-bond acceptors (Lipinski definition) is 3. The van der Waals surface area contributed by atoms with Crippen LogP contribution in [-0.4, -0.2) is 27.9 Å². The summed E-state index contributed by atoms with van der Waals surface area (Å²) < 4.78 is 1.94. The van der Waals surface area contributed by atoms with Crippen molar-refractivity contribution in [1.82, 2.24) is 9.55 Å². The number of aromatic nitrogens is 2. The van der Waals surface area contributed by atoms with Gasteiger partial charge in [-0.15, -0.1) is 0 Å². The average Bonchev–Trinajstić information content (AvgIpc) is 2.98. The molecule has 0 aliphatic carbocycles. The van der Waals surface area contributed by atoms with Gasteiger partial charge in [-0.05, 0) is 24.3 Å². The number of nitrogens with one attached hydrogen (secondary N) is 1. The van der Waals surface area contributed by atoms with Gasteiger partial charge in [0.25, 0.3) is 0 Å². The molecule has 6 nitrogen and oxygen atoms in total. The predicted molar refractivity (Wildman–Crippen MR) is 96.5 cm³/mol. The van der Waals surface area contributed by atoms with Crippen LogP contribution in [0.2, 0.25) is 0 Å². The molecule has 1 aliphatic heterocycles. The Balaban J connectivity index is 1.71. The van der Waals surface area contributed by atoms with Crippen LogP contribution in [0, 0.1) is 0 Å². The van der Waals surface area contributed by atoms with Gasteiger partial charge >= 0.3 is 0 Å². The first kappa shape index (κ1) is 15.4. The molecule has 0 fully saturated rings. The number of anilines is 2. The third-order valence-corrected chi connectivity index (χ3v) is 4.41. The van der Waals surface area contributed by atoms with E-state index in [1.807, 2.05) is 54.0 Å². The monoisotopic (exact) mass is 334 g/mol. The number of carbonyl (C=O) groups excluding carboxylic acids is 2. The van der Waals surface area contributed by atoms with E-state index in [0.717, 1.165) is 29.0 Å². The van der Waals surface area contributed by atoms with E-state index in [4.69, 9.17) is 0 Å². The molecule has 126 valence electrons. The lowest BCUT2D eigenvalue weighted by molar-refractivity contribution is -0.122. The van der Waals surface area contributed by atoms with Gasteiger partial charge in [-0.2, -0.15) is 0 Å². The fraction of sp³-hybridized carbons (Fsp3) is 0.211. The van der Waals surface area contributed by atoms with Gasteiger partial charge in [0.2, 0.25) is 11.8 Å². The van der Waals surface area contributed by atoms with E-state index in [9.17, 15) is 9.59 Å². The summed E-state index contributed by atoms with van der Waals surface area (Å²) in [4.78, 5) is 31.1. The summed E-state index contributed by atoms with van der Waals surface area (Å²) in [6, 6.07) is 15.1. The van der Waals surface area contributed by atoms with Crippen LogP contribution in [0.1, 0.15) is 12.7 Å². The molecule has 0 spiro atoms. The number of carbonyl (C=O) groups is 2. The highest BCUT2D eigenvalue weighted by molar-refractivity contribution is 6.10. The van der Waals surface area contributed by atoms with Gasteiger partial charge in [0.15, 0.2) is 0 Å². The van der Waals surface area contributed by atoms with E-state index in [2.05, 4.69) is 10.3 Å². The number of benzene rings is 2. The van der Waals surface area contributed by atoms with Crippen LogP contribution in [0.3, 0.4) is 0 Å². The molecule has 25 heavy (non-hydrogen) atoms. The summed E-state index contributed by atoms with van der Waals surface area (Å²) in [6.07, 6.45) is 0.735. The van der Waals surface area contributed by atoms with E-state index in [0.29, 0.717) is 5.69 Å². The quantitative estimate of drug-likeness (QED) is 0.800. The third kappa shape index (κ3) is 2.65. The van der Waals surface area contributed by atoms with Crippen molar-refractivity contribution in [2.75, 3.05) is 16.8 Å².